The highest BCUT2D eigenvalue weighted by atomic mass is 79.9. The summed E-state index contributed by atoms with van der Waals surface area (Å²) in [4.78, 5) is 14.8. The molecule has 1 amide bonds. The zero-order valence-electron chi connectivity index (χ0n) is 16.8. The average Bonchev–Trinajstić information content (AvgIpc) is 2.73. The maximum absolute atomic E-state index is 12.5. The monoisotopic (exact) mass is 464 g/mol. The smallest absolute Gasteiger partial charge is 0.255 e. The number of phenolic OH excluding ortho intramolecular Hbond substituents is 1. The standard InChI is InChI=1S/C21H25BrN2O5/c1-27-17-8-13-4-6-24(12-14(13)9-18(17)28-2)7-5-23-21(26)16-10-15(22)11-19(29-3)20(16)25/h8-11,25H,4-7,12H2,1-3H3,(H,23,26). The zero-order valence-corrected chi connectivity index (χ0v) is 18.3. The van der Waals surface area contributed by atoms with Crippen molar-refractivity contribution in [2.75, 3.05) is 41.0 Å². The first-order chi connectivity index (χ1) is 14.0. The molecule has 0 saturated carbocycles. The van der Waals surface area contributed by atoms with E-state index in [1.807, 2.05) is 12.1 Å². The van der Waals surface area contributed by atoms with Crippen molar-refractivity contribution in [2.24, 2.45) is 0 Å². The topological polar surface area (TPSA) is 80.3 Å². The number of fused-ring (bicyclic) bond motifs is 1. The van der Waals surface area contributed by atoms with Gasteiger partial charge in [0.2, 0.25) is 0 Å². The lowest BCUT2D eigenvalue weighted by molar-refractivity contribution is 0.0944. The molecule has 0 atom stereocenters. The molecule has 2 N–H and O–H groups in total. The number of carbonyl (C=O) groups excluding carboxylic acids is 1. The van der Waals surface area contributed by atoms with Crippen molar-refractivity contribution >= 4 is 21.8 Å². The van der Waals surface area contributed by atoms with Crippen LogP contribution in [-0.4, -0.2) is 56.9 Å². The Morgan fingerprint density at radius 3 is 2.38 bits per heavy atom. The number of hydrogen-bond donors (Lipinski definition) is 2. The van der Waals surface area contributed by atoms with E-state index in [2.05, 4.69) is 26.1 Å². The molecule has 0 aromatic heterocycles. The van der Waals surface area contributed by atoms with Gasteiger partial charge < -0.3 is 24.6 Å². The predicted octanol–water partition coefficient (Wildman–Crippen LogP) is 2.97. The van der Waals surface area contributed by atoms with Crippen LogP contribution in [0.2, 0.25) is 0 Å². The summed E-state index contributed by atoms with van der Waals surface area (Å²) in [6.45, 7) is 2.84. The highest BCUT2D eigenvalue weighted by molar-refractivity contribution is 9.10. The van der Waals surface area contributed by atoms with E-state index in [1.165, 1.54) is 18.2 Å². The molecular weight excluding hydrogens is 440 g/mol. The molecule has 1 aliphatic rings. The van der Waals surface area contributed by atoms with E-state index in [-0.39, 0.29) is 23.0 Å². The van der Waals surface area contributed by atoms with E-state index >= 15 is 0 Å². The minimum atomic E-state index is -0.342. The summed E-state index contributed by atoms with van der Waals surface area (Å²) in [6.07, 6.45) is 0.910. The molecule has 1 heterocycles. The van der Waals surface area contributed by atoms with Gasteiger partial charge in [-0.2, -0.15) is 0 Å². The van der Waals surface area contributed by atoms with Crippen molar-refractivity contribution < 1.29 is 24.1 Å². The molecule has 2 aromatic rings. The van der Waals surface area contributed by atoms with Gasteiger partial charge in [-0.05, 0) is 41.8 Å². The number of methoxy groups -OCH3 is 3. The minimum absolute atomic E-state index is 0.166. The van der Waals surface area contributed by atoms with Crippen LogP contribution in [-0.2, 0) is 13.0 Å². The fourth-order valence-electron chi connectivity index (χ4n) is 3.46. The zero-order chi connectivity index (χ0) is 21.0. The molecule has 0 spiro atoms. The Bertz CT molecular complexity index is 903. The number of ether oxygens (including phenoxy) is 3. The van der Waals surface area contributed by atoms with Crippen molar-refractivity contribution in [1.29, 1.82) is 0 Å². The summed E-state index contributed by atoms with van der Waals surface area (Å²) in [5.74, 6) is 1.21. The SMILES string of the molecule is COc1cc2c(cc1OC)CN(CCNC(=O)c1cc(Br)cc(OC)c1O)CC2. The molecule has 0 radical (unpaired) electrons. The van der Waals surface area contributed by atoms with E-state index in [1.54, 1.807) is 26.4 Å². The van der Waals surface area contributed by atoms with Gasteiger partial charge in [-0.3, -0.25) is 9.69 Å². The second kappa shape index (κ2) is 9.37. The van der Waals surface area contributed by atoms with Crippen LogP contribution in [0.3, 0.4) is 0 Å². The lowest BCUT2D eigenvalue weighted by atomic mass is 9.99. The largest absolute Gasteiger partial charge is 0.504 e. The molecule has 0 fully saturated rings. The highest BCUT2D eigenvalue weighted by Crippen LogP contribution is 2.34. The van der Waals surface area contributed by atoms with Crippen molar-refractivity contribution in [3.63, 3.8) is 0 Å². The number of rotatable bonds is 7. The molecule has 7 nitrogen and oxygen atoms in total. The third-order valence-corrected chi connectivity index (χ3v) is 5.47. The maximum Gasteiger partial charge on any atom is 0.255 e. The summed E-state index contributed by atoms with van der Waals surface area (Å²) in [5.41, 5.74) is 2.64. The highest BCUT2D eigenvalue weighted by Gasteiger charge is 2.20. The minimum Gasteiger partial charge on any atom is -0.504 e. The molecule has 1 aliphatic heterocycles. The van der Waals surface area contributed by atoms with Gasteiger partial charge in [-0.1, -0.05) is 15.9 Å². The first kappa shape index (κ1) is 21.3. The van der Waals surface area contributed by atoms with Gasteiger partial charge in [-0.25, -0.2) is 0 Å². The van der Waals surface area contributed by atoms with Crippen molar-refractivity contribution in [3.05, 3.63) is 45.4 Å². The second-order valence-corrected chi connectivity index (χ2v) is 7.68. The molecule has 3 rings (SSSR count). The second-order valence-electron chi connectivity index (χ2n) is 6.76. The summed E-state index contributed by atoms with van der Waals surface area (Å²) in [5, 5.41) is 13.1. The van der Waals surface area contributed by atoms with Gasteiger partial charge in [0.15, 0.2) is 23.0 Å². The Kier molecular flexibility index (Phi) is 6.87. The average molecular weight is 465 g/mol. The van der Waals surface area contributed by atoms with E-state index in [0.29, 0.717) is 17.6 Å². The number of benzene rings is 2. The van der Waals surface area contributed by atoms with Crippen LogP contribution in [0, 0.1) is 0 Å². The molecule has 2 aromatic carbocycles. The van der Waals surface area contributed by atoms with Crippen LogP contribution in [0.1, 0.15) is 21.5 Å². The third kappa shape index (κ3) is 4.76. The van der Waals surface area contributed by atoms with Crippen molar-refractivity contribution in [2.45, 2.75) is 13.0 Å². The van der Waals surface area contributed by atoms with Crippen LogP contribution < -0.4 is 19.5 Å². The van der Waals surface area contributed by atoms with Gasteiger partial charge >= 0.3 is 0 Å². The fourth-order valence-corrected chi connectivity index (χ4v) is 3.90. The van der Waals surface area contributed by atoms with E-state index < -0.39 is 0 Å². The first-order valence-corrected chi connectivity index (χ1v) is 10.1. The number of nitrogens with one attached hydrogen (secondary N) is 1. The summed E-state index contributed by atoms with van der Waals surface area (Å²) in [6, 6.07) is 7.24. The molecule has 0 bridgehead atoms. The summed E-state index contributed by atoms with van der Waals surface area (Å²) < 4.78 is 16.5. The normalized spacial score (nSPS) is 13.5. The Morgan fingerprint density at radius 2 is 1.72 bits per heavy atom. The molecule has 8 heteroatoms. The third-order valence-electron chi connectivity index (χ3n) is 5.01. The summed E-state index contributed by atoms with van der Waals surface area (Å²) in [7, 11) is 4.72. The summed E-state index contributed by atoms with van der Waals surface area (Å²) >= 11 is 3.33. The number of aromatic hydroxyl groups is 1. The van der Waals surface area contributed by atoms with Gasteiger partial charge in [-0.15, -0.1) is 0 Å². The van der Waals surface area contributed by atoms with E-state index in [4.69, 9.17) is 14.2 Å². The quantitative estimate of drug-likeness (QED) is 0.655. The van der Waals surface area contributed by atoms with Crippen LogP contribution in [0.25, 0.3) is 0 Å². The number of amides is 1. The molecule has 0 unspecified atom stereocenters. The lowest BCUT2D eigenvalue weighted by Gasteiger charge is -2.29. The van der Waals surface area contributed by atoms with Crippen LogP contribution in [0.5, 0.6) is 23.0 Å². The number of halogens is 1. The van der Waals surface area contributed by atoms with Crippen molar-refractivity contribution in [1.82, 2.24) is 10.2 Å². The molecule has 29 heavy (non-hydrogen) atoms. The Morgan fingerprint density at radius 1 is 1.07 bits per heavy atom. The Labute approximate surface area is 178 Å². The number of carbonyl (C=O) groups is 1. The maximum atomic E-state index is 12.5. The number of nitrogens with zero attached hydrogens (tertiary/aromatic N) is 1. The van der Waals surface area contributed by atoms with Gasteiger partial charge in [0.1, 0.15) is 0 Å². The van der Waals surface area contributed by atoms with Crippen LogP contribution >= 0.6 is 15.9 Å². The molecule has 0 saturated heterocycles. The Hall–Kier alpha value is -2.45. The lowest BCUT2D eigenvalue weighted by Crippen LogP contribution is -2.37. The number of hydrogen-bond acceptors (Lipinski definition) is 6. The first-order valence-electron chi connectivity index (χ1n) is 9.27. The van der Waals surface area contributed by atoms with Crippen LogP contribution in [0.15, 0.2) is 28.7 Å². The van der Waals surface area contributed by atoms with Gasteiger partial charge in [0.05, 0.1) is 26.9 Å². The van der Waals surface area contributed by atoms with Crippen LogP contribution in [0.4, 0.5) is 0 Å². The van der Waals surface area contributed by atoms with Gasteiger partial charge in [0.25, 0.3) is 5.91 Å². The van der Waals surface area contributed by atoms with Gasteiger partial charge in [0, 0.05) is 30.7 Å². The van der Waals surface area contributed by atoms with Crippen molar-refractivity contribution in [3.8, 4) is 23.0 Å². The molecule has 156 valence electrons. The van der Waals surface area contributed by atoms with E-state index in [0.717, 1.165) is 31.0 Å². The molecular formula is C21H25BrN2O5. The number of phenols is 1. The fraction of sp³-hybridized carbons (Fsp3) is 0.381. The van der Waals surface area contributed by atoms with E-state index in [9.17, 15) is 9.90 Å². The predicted molar refractivity (Wildman–Crippen MR) is 113 cm³/mol. The molecule has 0 aliphatic carbocycles. The Balaban J connectivity index is 1.60.